The lowest BCUT2D eigenvalue weighted by Gasteiger charge is -2.38. The average molecular weight is 363 g/mol. The first-order valence-corrected chi connectivity index (χ1v) is 10.6. The normalized spacial score (nSPS) is 31.9. The lowest BCUT2D eigenvalue weighted by Crippen LogP contribution is -2.53. The minimum Gasteiger partial charge on any atom is -0.340 e. The fourth-order valence-electron chi connectivity index (χ4n) is 5.27. The Morgan fingerprint density at radius 1 is 1.04 bits per heavy atom. The molecule has 1 N–H and O–H groups in total. The lowest BCUT2D eigenvalue weighted by molar-refractivity contribution is -0.138. The van der Waals surface area contributed by atoms with Gasteiger partial charge in [-0.1, -0.05) is 0 Å². The van der Waals surface area contributed by atoms with Gasteiger partial charge in [-0.15, -0.1) is 0 Å². The number of piperidine rings is 2. The molecule has 6 heteroatoms. The lowest BCUT2D eigenvalue weighted by atomic mass is 9.91. The van der Waals surface area contributed by atoms with Gasteiger partial charge in [0.15, 0.2) is 0 Å². The van der Waals surface area contributed by atoms with E-state index in [0.717, 1.165) is 77.9 Å². The second kappa shape index (κ2) is 7.47. The molecule has 0 aromatic rings. The number of piperazine rings is 1. The third-order valence-electron chi connectivity index (χ3n) is 7.25. The summed E-state index contributed by atoms with van der Waals surface area (Å²) in [5, 5.41) is 3.41. The Morgan fingerprint density at radius 3 is 2.46 bits per heavy atom. The quantitative estimate of drug-likeness (QED) is 0.811. The van der Waals surface area contributed by atoms with Crippen molar-refractivity contribution in [3.63, 3.8) is 0 Å². The first kappa shape index (κ1) is 18.2. The van der Waals surface area contributed by atoms with E-state index in [-0.39, 0.29) is 11.8 Å². The van der Waals surface area contributed by atoms with Gasteiger partial charge in [-0.2, -0.15) is 0 Å². The number of nitrogens with one attached hydrogen (secondary N) is 1. The summed E-state index contributed by atoms with van der Waals surface area (Å²) in [7, 11) is 0. The Labute approximate surface area is 157 Å². The molecule has 0 radical (unpaired) electrons. The molecule has 0 bridgehead atoms. The summed E-state index contributed by atoms with van der Waals surface area (Å²) < 4.78 is 0. The van der Waals surface area contributed by atoms with Crippen LogP contribution >= 0.6 is 0 Å². The molecule has 146 valence electrons. The molecule has 4 aliphatic rings. The van der Waals surface area contributed by atoms with Crippen LogP contribution in [0.3, 0.4) is 0 Å². The Balaban J connectivity index is 1.23. The second-order valence-electron chi connectivity index (χ2n) is 8.90. The Kier molecular flexibility index (Phi) is 5.24. The number of amides is 2. The van der Waals surface area contributed by atoms with Crippen molar-refractivity contribution < 1.29 is 9.59 Å². The van der Waals surface area contributed by atoms with Crippen molar-refractivity contribution in [2.75, 3.05) is 52.4 Å². The van der Waals surface area contributed by atoms with E-state index in [0.29, 0.717) is 23.9 Å². The number of carbonyl (C=O) groups is 2. The van der Waals surface area contributed by atoms with Gasteiger partial charge in [-0.25, -0.2) is 0 Å². The number of hydrogen-bond donors (Lipinski definition) is 1. The van der Waals surface area contributed by atoms with Crippen LogP contribution in [0.15, 0.2) is 0 Å². The molecule has 3 saturated heterocycles. The molecule has 2 unspecified atom stereocenters. The van der Waals surface area contributed by atoms with E-state index in [1.807, 2.05) is 0 Å². The highest BCUT2D eigenvalue weighted by atomic mass is 16.2. The minimum atomic E-state index is 0.270. The molecule has 6 nitrogen and oxygen atoms in total. The predicted octanol–water partition coefficient (Wildman–Crippen LogP) is 0.921. The molecular weight excluding hydrogens is 328 g/mol. The van der Waals surface area contributed by atoms with E-state index >= 15 is 0 Å². The standard InChI is InChI=1S/C20H34N4O2/c1-16-4-2-3-9-24(16)18(25)15-22-10-12-23(13-11-22)19(26)17-14-20(17)5-7-21-8-6-20/h16-17,21H,2-15H2,1H3. The molecule has 1 aliphatic carbocycles. The third-order valence-corrected chi connectivity index (χ3v) is 7.25. The fraction of sp³-hybridized carbons (Fsp3) is 0.900. The van der Waals surface area contributed by atoms with Crippen LogP contribution in [0.25, 0.3) is 0 Å². The van der Waals surface area contributed by atoms with Gasteiger partial charge in [0.25, 0.3) is 0 Å². The van der Waals surface area contributed by atoms with Gasteiger partial charge in [-0.05, 0) is 64.0 Å². The molecule has 2 atom stereocenters. The summed E-state index contributed by atoms with van der Waals surface area (Å²) in [5.41, 5.74) is 0.319. The zero-order valence-corrected chi connectivity index (χ0v) is 16.2. The van der Waals surface area contributed by atoms with Gasteiger partial charge >= 0.3 is 0 Å². The summed E-state index contributed by atoms with van der Waals surface area (Å²) in [4.78, 5) is 31.8. The molecule has 3 aliphatic heterocycles. The van der Waals surface area contributed by atoms with Gasteiger partial charge in [0.1, 0.15) is 0 Å². The highest BCUT2D eigenvalue weighted by Gasteiger charge is 2.58. The van der Waals surface area contributed by atoms with E-state index in [1.165, 1.54) is 6.42 Å². The maximum atomic E-state index is 12.9. The number of likely N-dealkylation sites (tertiary alicyclic amines) is 1. The van der Waals surface area contributed by atoms with Crippen LogP contribution in [-0.2, 0) is 9.59 Å². The van der Waals surface area contributed by atoms with E-state index < -0.39 is 0 Å². The summed E-state index contributed by atoms with van der Waals surface area (Å²) in [5.74, 6) is 0.919. The summed E-state index contributed by atoms with van der Waals surface area (Å²) in [6, 6.07) is 0.384. The van der Waals surface area contributed by atoms with Crippen molar-refractivity contribution in [1.82, 2.24) is 20.0 Å². The third kappa shape index (κ3) is 3.63. The zero-order chi connectivity index (χ0) is 18.1. The van der Waals surface area contributed by atoms with Gasteiger partial charge in [-0.3, -0.25) is 14.5 Å². The van der Waals surface area contributed by atoms with Crippen LogP contribution in [-0.4, -0.2) is 84.9 Å². The van der Waals surface area contributed by atoms with Crippen molar-refractivity contribution in [2.45, 2.75) is 51.5 Å². The average Bonchev–Trinajstić information content (AvgIpc) is 3.35. The van der Waals surface area contributed by atoms with Crippen molar-refractivity contribution in [3.8, 4) is 0 Å². The van der Waals surface area contributed by atoms with Crippen LogP contribution in [0.1, 0.15) is 45.4 Å². The van der Waals surface area contributed by atoms with Gasteiger partial charge in [0.2, 0.25) is 11.8 Å². The summed E-state index contributed by atoms with van der Waals surface area (Å²) in [6.07, 6.45) is 6.92. The summed E-state index contributed by atoms with van der Waals surface area (Å²) in [6.45, 7) is 8.96. The van der Waals surface area contributed by atoms with Crippen molar-refractivity contribution >= 4 is 11.8 Å². The first-order valence-electron chi connectivity index (χ1n) is 10.6. The highest BCUT2D eigenvalue weighted by Crippen LogP contribution is 2.59. The monoisotopic (exact) mass is 362 g/mol. The topological polar surface area (TPSA) is 55.9 Å². The van der Waals surface area contributed by atoms with Crippen LogP contribution in [0.2, 0.25) is 0 Å². The van der Waals surface area contributed by atoms with E-state index in [2.05, 4.69) is 26.9 Å². The Hall–Kier alpha value is -1.14. The smallest absolute Gasteiger partial charge is 0.236 e. The molecule has 4 rings (SSSR count). The number of hydrogen-bond acceptors (Lipinski definition) is 4. The van der Waals surface area contributed by atoms with Crippen molar-refractivity contribution in [3.05, 3.63) is 0 Å². The highest BCUT2D eigenvalue weighted by molar-refractivity contribution is 5.83. The SMILES string of the molecule is CC1CCCCN1C(=O)CN1CCN(C(=O)C2CC23CCNCC3)CC1. The molecule has 0 aromatic carbocycles. The molecule has 26 heavy (non-hydrogen) atoms. The molecule has 3 heterocycles. The number of rotatable bonds is 3. The Bertz CT molecular complexity index is 538. The van der Waals surface area contributed by atoms with Gasteiger partial charge in [0, 0.05) is 44.7 Å². The summed E-state index contributed by atoms with van der Waals surface area (Å²) >= 11 is 0. The zero-order valence-electron chi connectivity index (χ0n) is 16.2. The number of carbonyl (C=O) groups excluding carboxylic acids is 2. The molecule has 1 spiro atoms. The van der Waals surface area contributed by atoms with Crippen LogP contribution in [0, 0.1) is 11.3 Å². The van der Waals surface area contributed by atoms with Crippen molar-refractivity contribution in [2.24, 2.45) is 11.3 Å². The maximum absolute atomic E-state index is 12.9. The molecule has 4 fully saturated rings. The fourth-order valence-corrected chi connectivity index (χ4v) is 5.27. The molecular formula is C20H34N4O2. The van der Waals surface area contributed by atoms with Crippen LogP contribution in [0.5, 0.6) is 0 Å². The van der Waals surface area contributed by atoms with Crippen molar-refractivity contribution in [1.29, 1.82) is 0 Å². The van der Waals surface area contributed by atoms with Crippen LogP contribution in [0.4, 0.5) is 0 Å². The van der Waals surface area contributed by atoms with Gasteiger partial charge < -0.3 is 15.1 Å². The predicted molar refractivity (Wildman–Crippen MR) is 101 cm³/mol. The van der Waals surface area contributed by atoms with Crippen LogP contribution < -0.4 is 5.32 Å². The molecule has 0 aromatic heterocycles. The molecule has 1 saturated carbocycles. The van der Waals surface area contributed by atoms with E-state index in [4.69, 9.17) is 0 Å². The molecule has 2 amide bonds. The Morgan fingerprint density at radius 2 is 1.77 bits per heavy atom. The second-order valence-corrected chi connectivity index (χ2v) is 8.90. The van der Waals surface area contributed by atoms with Gasteiger partial charge in [0.05, 0.1) is 6.54 Å². The number of nitrogens with zero attached hydrogens (tertiary/aromatic N) is 3. The first-order chi connectivity index (χ1) is 12.6. The van der Waals surface area contributed by atoms with E-state index in [9.17, 15) is 9.59 Å². The van der Waals surface area contributed by atoms with E-state index in [1.54, 1.807) is 0 Å². The minimum absolute atomic E-state index is 0.270. The largest absolute Gasteiger partial charge is 0.340 e. The maximum Gasteiger partial charge on any atom is 0.236 e.